The van der Waals surface area contributed by atoms with Crippen molar-refractivity contribution in [2.24, 2.45) is 0 Å². The lowest BCUT2D eigenvalue weighted by Gasteiger charge is -2.01. The summed E-state index contributed by atoms with van der Waals surface area (Å²) in [7, 11) is 0. The molecule has 8 heteroatoms. The van der Waals surface area contributed by atoms with Crippen molar-refractivity contribution in [1.82, 2.24) is 9.97 Å². The Labute approximate surface area is 167 Å². The van der Waals surface area contributed by atoms with E-state index in [0.717, 1.165) is 40.1 Å². The Morgan fingerprint density at radius 2 is 1.82 bits per heavy atom. The molecule has 28 heavy (non-hydrogen) atoms. The van der Waals surface area contributed by atoms with Gasteiger partial charge in [-0.2, -0.15) is 0 Å². The number of hydrogen-bond acceptors (Lipinski definition) is 5. The maximum Gasteiger partial charge on any atom is 0.232 e. The zero-order valence-electron chi connectivity index (χ0n) is 14.4. The maximum absolute atomic E-state index is 13.9. The molecule has 0 fully saturated rings. The summed E-state index contributed by atoms with van der Waals surface area (Å²) in [6, 6.07) is 12.9. The average Bonchev–Trinajstić information content (AvgIpc) is 3.34. The molecule has 0 bridgehead atoms. The van der Waals surface area contributed by atoms with Crippen LogP contribution < -0.4 is 5.32 Å². The number of thiazole rings is 2. The molecule has 140 valence electrons. The van der Waals surface area contributed by atoms with Gasteiger partial charge in [-0.05, 0) is 18.2 Å². The first-order valence-electron chi connectivity index (χ1n) is 8.29. The molecular formula is C20H13F2N3OS2. The molecule has 4 rings (SSSR count). The number of carbonyl (C=O) groups excluding carboxylic acids is 1. The number of carbonyl (C=O) groups is 1. The summed E-state index contributed by atoms with van der Waals surface area (Å²) in [5, 5.41) is 7.27. The van der Waals surface area contributed by atoms with E-state index in [1.54, 1.807) is 5.38 Å². The van der Waals surface area contributed by atoms with Crippen LogP contribution in [-0.2, 0) is 11.2 Å². The normalized spacial score (nSPS) is 10.8. The van der Waals surface area contributed by atoms with Crippen LogP contribution >= 0.6 is 22.7 Å². The number of hydrogen-bond donors (Lipinski definition) is 1. The van der Waals surface area contributed by atoms with Crippen LogP contribution in [0.3, 0.4) is 0 Å². The van der Waals surface area contributed by atoms with E-state index >= 15 is 0 Å². The van der Waals surface area contributed by atoms with Gasteiger partial charge in [-0.25, -0.2) is 18.7 Å². The number of benzene rings is 2. The standard InChI is InChI=1S/C20H13F2N3OS2/c21-13-6-7-16(22)15(8-13)17-11-28-20(24-17)25-18(26)9-14-10-27-19(23-14)12-4-2-1-3-5-12/h1-8,10-11H,9H2,(H,24,25,26). The van der Waals surface area contributed by atoms with E-state index in [4.69, 9.17) is 0 Å². The summed E-state index contributed by atoms with van der Waals surface area (Å²) in [6.45, 7) is 0. The Balaban J connectivity index is 1.43. The monoisotopic (exact) mass is 413 g/mol. The fourth-order valence-corrected chi connectivity index (χ4v) is 4.13. The van der Waals surface area contributed by atoms with Crippen molar-refractivity contribution < 1.29 is 13.6 Å². The van der Waals surface area contributed by atoms with E-state index in [1.165, 1.54) is 11.3 Å². The SMILES string of the molecule is O=C(Cc1csc(-c2ccccc2)n1)Nc1nc(-c2cc(F)ccc2F)cs1. The highest BCUT2D eigenvalue weighted by atomic mass is 32.1. The first kappa shape index (κ1) is 18.4. The minimum Gasteiger partial charge on any atom is -0.302 e. The highest BCUT2D eigenvalue weighted by Crippen LogP contribution is 2.28. The highest BCUT2D eigenvalue weighted by Gasteiger charge is 2.14. The van der Waals surface area contributed by atoms with Gasteiger partial charge in [0.2, 0.25) is 5.91 Å². The number of nitrogens with zero attached hydrogens (tertiary/aromatic N) is 2. The Bertz CT molecular complexity index is 1130. The third-order valence-electron chi connectivity index (χ3n) is 3.87. The van der Waals surface area contributed by atoms with Crippen LogP contribution in [0.1, 0.15) is 5.69 Å². The summed E-state index contributed by atoms with van der Waals surface area (Å²) in [5.41, 5.74) is 2.00. The number of nitrogens with one attached hydrogen (secondary N) is 1. The molecule has 0 aliphatic rings. The fourth-order valence-electron chi connectivity index (χ4n) is 2.58. The van der Waals surface area contributed by atoms with Crippen LogP contribution in [0.2, 0.25) is 0 Å². The van der Waals surface area contributed by atoms with Gasteiger partial charge in [-0.3, -0.25) is 4.79 Å². The second kappa shape index (κ2) is 7.95. The van der Waals surface area contributed by atoms with Crippen molar-refractivity contribution in [2.75, 3.05) is 5.32 Å². The molecule has 0 unspecified atom stereocenters. The van der Waals surface area contributed by atoms with Crippen LogP contribution in [0.4, 0.5) is 13.9 Å². The predicted molar refractivity (Wildman–Crippen MR) is 107 cm³/mol. The van der Waals surface area contributed by atoms with Gasteiger partial charge in [-0.1, -0.05) is 30.3 Å². The second-order valence-corrected chi connectivity index (χ2v) is 7.61. The Morgan fingerprint density at radius 3 is 2.64 bits per heavy atom. The lowest BCUT2D eigenvalue weighted by atomic mass is 10.1. The van der Waals surface area contributed by atoms with E-state index in [2.05, 4.69) is 15.3 Å². The average molecular weight is 413 g/mol. The second-order valence-electron chi connectivity index (χ2n) is 5.90. The van der Waals surface area contributed by atoms with Gasteiger partial charge in [0.25, 0.3) is 0 Å². The van der Waals surface area contributed by atoms with E-state index in [-0.39, 0.29) is 23.6 Å². The van der Waals surface area contributed by atoms with Gasteiger partial charge in [0.05, 0.1) is 17.8 Å². The van der Waals surface area contributed by atoms with Gasteiger partial charge < -0.3 is 5.32 Å². The lowest BCUT2D eigenvalue weighted by molar-refractivity contribution is -0.115. The quantitative estimate of drug-likeness (QED) is 0.477. The number of anilines is 1. The summed E-state index contributed by atoms with van der Waals surface area (Å²) in [6.07, 6.45) is 0.104. The molecule has 2 aromatic carbocycles. The first-order chi connectivity index (χ1) is 13.6. The molecule has 0 aliphatic carbocycles. The Morgan fingerprint density at radius 1 is 1.00 bits per heavy atom. The molecule has 1 N–H and O–H groups in total. The zero-order valence-corrected chi connectivity index (χ0v) is 16.0. The van der Waals surface area contributed by atoms with Gasteiger partial charge in [-0.15, -0.1) is 22.7 Å². The maximum atomic E-state index is 13.9. The third-order valence-corrected chi connectivity index (χ3v) is 5.57. The molecule has 0 aliphatic heterocycles. The fraction of sp³-hybridized carbons (Fsp3) is 0.0500. The Kier molecular flexibility index (Phi) is 5.23. The summed E-state index contributed by atoms with van der Waals surface area (Å²) in [4.78, 5) is 20.9. The molecular weight excluding hydrogens is 400 g/mol. The molecule has 0 spiro atoms. The summed E-state index contributed by atoms with van der Waals surface area (Å²) >= 11 is 2.62. The van der Waals surface area contributed by atoms with Crippen molar-refractivity contribution in [3.05, 3.63) is 76.6 Å². The summed E-state index contributed by atoms with van der Waals surface area (Å²) < 4.78 is 27.2. The van der Waals surface area contributed by atoms with Crippen LogP contribution in [0.25, 0.3) is 21.8 Å². The minimum atomic E-state index is -0.569. The number of amides is 1. The number of halogens is 2. The van der Waals surface area contributed by atoms with Crippen molar-refractivity contribution >= 4 is 33.7 Å². The number of aromatic nitrogens is 2. The molecule has 2 heterocycles. The zero-order chi connectivity index (χ0) is 19.5. The molecule has 0 saturated heterocycles. The van der Waals surface area contributed by atoms with E-state index < -0.39 is 11.6 Å². The van der Waals surface area contributed by atoms with Gasteiger partial charge in [0.15, 0.2) is 5.13 Å². The topological polar surface area (TPSA) is 54.9 Å². The van der Waals surface area contributed by atoms with Crippen molar-refractivity contribution in [3.8, 4) is 21.8 Å². The molecule has 0 saturated carbocycles. The predicted octanol–water partition coefficient (Wildman–Crippen LogP) is 5.39. The van der Waals surface area contributed by atoms with Crippen molar-refractivity contribution in [1.29, 1.82) is 0 Å². The highest BCUT2D eigenvalue weighted by molar-refractivity contribution is 7.14. The van der Waals surface area contributed by atoms with Crippen LogP contribution in [0.15, 0.2) is 59.3 Å². The van der Waals surface area contributed by atoms with Gasteiger partial charge in [0, 0.05) is 21.9 Å². The van der Waals surface area contributed by atoms with Gasteiger partial charge >= 0.3 is 0 Å². The number of rotatable bonds is 5. The molecule has 4 aromatic rings. The molecule has 0 atom stereocenters. The summed E-state index contributed by atoms with van der Waals surface area (Å²) in [5.74, 6) is -1.39. The van der Waals surface area contributed by atoms with E-state index in [1.807, 2.05) is 35.7 Å². The molecule has 1 amide bonds. The third kappa shape index (κ3) is 4.13. The minimum absolute atomic E-state index is 0.0590. The molecule has 4 nitrogen and oxygen atoms in total. The van der Waals surface area contributed by atoms with Crippen LogP contribution in [0.5, 0.6) is 0 Å². The van der Waals surface area contributed by atoms with E-state index in [9.17, 15) is 13.6 Å². The van der Waals surface area contributed by atoms with Crippen molar-refractivity contribution in [3.63, 3.8) is 0 Å². The van der Waals surface area contributed by atoms with Crippen LogP contribution in [0, 0.1) is 11.6 Å². The molecule has 0 radical (unpaired) electrons. The molecule has 2 aromatic heterocycles. The Hall–Kier alpha value is -2.97. The van der Waals surface area contributed by atoms with Crippen molar-refractivity contribution in [2.45, 2.75) is 6.42 Å². The first-order valence-corrected chi connectivity index (χ1v) is 10.0. The smallest absolute Gasteiger partial charge is 0.232 e. The van der Waals surface area contributed by atoms with Crippen LogP contribution in [-0.4, -0.2) is 15.9 Å². The largest absolute Gasteiger partial charge is 0.302 e. The van der Waals surface area contributed by atoms with E-state index in [0.29, 0.717) is 10.8 Å². The lowest BCUT2D eigenvalue weighted by Crippen LogP contribution is -2.14. The van der Waals surface area contributed by atoms with Gasteiger partial charge in [0.1, 0.15) is 16.6 Å².